The zero-order valence-corrected chi connectivity index (χ0v) is 12.5. The summed E-state index contributed by atoms with van der Waals surface area (Å²) >= 11 is 0. The molecule has 2 heterocycles. The molecule has 1 saturated heterocycles. The molecule has 0 amide bonds. The number of piperidine rings is 1. The molecule has 7 nitrogen and oxygen atoms in total. The van der Waals surface area contributed by atoms with Gasteiger partial charge in [0.05, 0.1) is 11.8 Å². The first-order chi connectivity index (χ1) is 10.0. The molecular weight excluding hydrogens is 292 g/mol. The molecule has 1 aliphatic rings. The van der Waals surface area contributed by atoms with Crippen LogP contribution < -0.4 is 5.73 Å². The Morgan fingerprint density at radius 3 is 2.95 bits per heavy atom. The van der Waals surface area contributed by atoms with Gasteiger partial charge in [-0.3, -0.25) is 4.98 Å². The summed E-state index contributed by atoms with van der Waals surface area (Å²) < 4.78 is 26.3. The molecule has 8 heteroatoms. The number of rotatable bonds is 5. The van der Waals surface area contributed by atoms with Gasteiger partial charge < -0.3 is 10.9 Å². The molecule has 3 N–H and O–H groups in total. The van der Waals surface area contributed by atoms with Crippen molar-refractivity contribution in [3.63, 3.8) is 0 Å². The molecule has 21 heavy (non-hydrogen) atoms. The number of hydrogen-bond donors (Lipinski definition) is 2. The molecule has 0 radical (unpaired) electrons. The summed E-state index contributed by atoms with van der Waals surface area (Å²) in [5, 5.41) is 11.8. The lowest BCUT2D eigenvalue weighted by molar-refractivity contribution is 0.281. The number of sulfonamides is 1. The Morgan fingerprint density at radius 2 is 2.29 bits per heavy atom. The molecule has 0 aliphatic carbocycles. The van der Waals surface area contributed by atoms with Crippen molar-refractivity contribution in [2.75, 3.05) is 12.3 Å². The molecule has 1 fully saturated rings. The number of aryl methyl sites for hydroxylation is 1. The first-order valence-electron chi connectivity index (χ1n) is 6.91. The van der Waals surface area contributed by atoms with Crippen LogP contribution >= 0.6 is 0 Å². The minimum atomic E-state index is -3.46. The smallest absolute Gasteiger partial charge is 0.215 e. The van der Waals surface area contributed by atoms with Crippen LogP contribution in [0.3, 0.4) is 0 Å². The van der Waals surface area contributed by atoms with Crippen LogP contribution in [0.1, 0.15) is 25.0 Å². The maximum absolute atomic E-state index is 12.5. The minimum Gasteiger partial charge on any atom is -0.409 e. The lowest BCUT2D eigenvalue weighted by Gasteiger charge is -2.33. The number of aromatic nitrogens is 1. The van der Waals surface area contributed by atoms with Gasteiger partial charge >= 0.3 is 0 Å². The number of hydrogen-bond acceptors (Lipinski definition) is 5. The Bertz CT molecular complexity index is 589. The highest BCUT2D eigenvalue weighted by atomic mass is 32.2. The monoisotopic (exact) mass is 312 g/mol. The van der Waals surface area contributed by atoms with E-state index in [1.54, 1.807) is 18.3 Å². The van der Waals surface area contributed by atoms with Crippen LogP contribution in [0.15, 0.2) is 29.6 Å². The van der Waals surface area contributed by atoms with Crippen LogP contribution in [0.4, 0.5) is 0 Å². The Hall–Kier alpha value is -1.67. The van der Waals surface area contributed by atoms with Gasteiger partial charge in [0.25, 0.3) is 0 Å². The van der Waals surface area contributed by atoms with Gasteiger partial charge in [0.15, 0.2) is 5.84 Å². The highest BCUT2D eigenvalue weighted by Crippen LogP contribution is 2.21. The maximum atomic E-state index is 12.5. The molecule has 2 rings (SSSR count). The standard InChI is InChI=1S/C13H20N4O3S/c14-13(16-18)12-6-2-4-9-17(12)21(19,20)10-7-11-5-1-3-8-15-11/h1,3,5,8,12,18H,2,4,6-7,9-10H2,(H2,14,16). The lowest BCUT2D eigenvalue weighted by atomic mass is 10.0. The van der Waals surface area contributed by atoms with E-state index in [9.17, 15) is 8.42 Å². The first-order valence-corrected chi connectivity index (χ1v) is 8.52. The Balaban J connectivity index is 2.09. The van der Waals surface area contributed by atoms with E-state index in [1.807, 2.05) is 6.07 Å². The van der Waals surface area contributed by atoms with Gasteiger partial charge in [-0.2, -0.15) is 4.31 Å². The Morgan fingerprint density at radius 1 is 1.48 bits per heavy atom. The highest BCUT2D eigenvalue weighted by molar-refractivity contribution is 7.89. The van der Waals surface area contributed by atoms with Crippen LogP contribution in [-0.2, 0) is 16.4 Å². The van der Waals surface area contributed by atoms with Gasteiger partial charge in [-0.05, 0) is 25.0 Å². The van der Waals surface area contributed by atoms with Crippen LogP contribution in [0, 0.1) is 0 Å². The molecule has 1 unspecified atom stereocenters. The first kappa shape index (κ1) is 15.7. The van der Waals surface area contributed by atoms with E-state index in [1.165, 1.54) is 4.31 Å². The Kier molecular flexibility index (Phi) is 5.13. The second-order valence-electron chi connectivity index (χ2n) is 5.03. The van der Waals surface area contributed by atoms with Crippen molar-refractivity contribution >= 4 is 15.9 Å². The number of nitrogens with two attached hydrogens (primary N) is 1. The largest absolute Gasteiger partial charge is 0.409 e. The normalized spacial score (nSPS) is 21.3. The van der Waals surface area contributed by atoms with Crippen molar-refractivity contribution < 1.29 is 13.6 Å². The summed E-state index contributed by atoms with van der Waals surface area (Å²) in [5.41, 5.74) is 6.36. The van der Waals surface area contributed by atoms with E-state index in [0.717, 1.165) is 18.5 Å². The fourth-order valence-corrected chi connectivity index (χ4v) is 4.21. The summed E-state index contributed by atoms with van der Waals surface area (Å²) in [7, 11) is -3.46. The quantitative estimate of drug-likeness (QED) is 0.357. The third-order valence-electron chi connectivity index (χ3n) is 3.61. The van der Waals surface area contributed by atoms with Gasteiger partial charge in [0.2, 0.25) is 10.0 Å². The lowest BCUT2D eigenvalue weighted by Crippen LogP contribution is -2.51. The average Bonchev–Trinajstić information content (AvgIpc) is 2.53. The van der Waals surface area contributed by atoms with E-state index >= 15 is 0 Å². The third-order valence-corrected chi connectivity index (χ3v) is 5.48. The molecular formula is C13H20N4O3S. The summed E-state index contributed by atoms with van der Waals surface area (Å²) in [6, 6.07) is 4.87. The van der Waals surface area contributed by atoms with E-state index in [4.69, 9.17) is 10.9 Å². The average molecular weight is 312 g/mol. The van der Waals surface area contributed by atoms with Crippen molar-refractivity contribution in [2.45, 2.75) is 31.7 Å². The summed E-state index contributed by atoms with van der Waals surface area (Å²) in [4.78, 5) is 4.13. The molecule has 116 valence electrons. The summed E-state index contributed by atoms with van der Waals surface area (Å²) in [6.07, 6.45) is 4.23. The SMILES string of the molecule is NC(=NO)C1CCCCN1S(=O)(=O)CCc1ccccn1. The van der Waals surface area contributed by atoms with Crippen LogP contribution in [0.2, 0.25) is 0 Å². The van der Waals surface area contributed by atoms with E-state index in [-0.39, 0.29) is 11.6 Å². The van der Waals surface area contributed by atoms with Gasteiger partial charge in [-0.25, -0.2) is 8.42 Å². The number of nitrogens with zero attached hydrogens (tertiary/aromatic N) is 3. The van der Waals surface area contributed by atoms with E-state index in [0.29, 0.717) is 19.4 Å². The van der Waals surface area contributed by atoms with Crippen molar-refractivity contribution in [1.82, 2.24) is 9.29 Å². The molecule has 0 bridgehead atoms. The van der Waals surface area contributed by atoms with E-state index < -0.39 is 16.1 Å². The second-order valence-corrected chi connectivity index (χ2v) is 7.08. The van der Waals surface area contributed by atoms with Gasteiger partial charge in [0, 0.05) is 24.9 Å². The van der Waals surface area contributed by atoms with Gasteiger partial charge in [-0.1, -0.05) is 17.6 Å². The zero-order valence-electron chi connectivity index (χ0n) is 11.7. The van der Waals surface area contributed by atoms with Crippen LogP contribution in [0.5, 0.6) is 0 Å². The predicted molar refractivity (Wildman–Crippen MR) is 79.5 cm³/mol. The van der Waals surface area contributed by atoms with E-state index in [2.05, 4.69) is 10.1 Å². The molecule has 0 aromatic carbocycles. The van der Waals surface area contributed by atoms with Crippen LogP contribution in [0.25, 0.3) is 0 Å². The van der Waals surface area contributed by atoms with Crippen molar-refractivity contribution in [3.8, 4) is 0 Å². The topological polar surface area (TPSA) is 109 Å². The fraction of sp³-hybridized carbons (Fsp3) is 0.538. The maximum Gasteiger partial charge on any atom is 0.215 e. The Labute approximate surface area is 124 Å². The number of amidine groups is 1. The summed E-state index contributed by atoms with van der Waals surface area (Å²) in [6.45, 7) is 0.408. The molecule has 0 spiro atoms. The highest BCUT2D eigenvalue weighted by Gasteiger charge is 2.34. The molecule has 0 saturated carbocycles. The van der Waals surface area contributed by atoms with Gasteiger partial charge in [0.1, 0.15) is 0 Å². The molecule has 1 atom stereocenters. The number of pyridine rings is 1. The third kappa shape index (κ3) is 3.92. The summed E-state index contributed by atoms with van der Waals surface area (Å²) in [5.74, 6) is -0.0738. The van der Waals surface area contributed by atoms with Crippen LogP contribution in [-0.4, -0.2) is 47.1 Å². The van der Waals surface area contributed by atoms with Gasteiger partial charge in [-0.15, -0.1) is 0 Å². The number of oxime groups is 1. The predicted octanol–water partition coefficient (Wildman–Crippen LogP) is 0.555. The molecule has 1 aromatic heterocycles. The zero-order chi connectivity index (χ0) is 15.3. The van der Waals surface area contributed by atoms with Crippen molar-refractivity contribution in [2.24, 2.45) is 10.9 Å². The fourth-order valence-electron chi connectivity index (χ4n) is 2.50. The molecule has 1 aliphatic heterocycles. The van der Waals surface area contributed by atoms with Crippen molar-refractivity contribution in [1.29, 1.82) is 0 Å². The van der Waals surface area contributed by atoms with Crippen molar-refractivity contribution in [3.05, 3.63) is 30.1 Å². The molecule has 1 aromatic rings. The second kappa shape index (κ2) is 6.86. The minimum absolute atomic E-state index is 0.0285.